The number of piperidine rings is 1. The van der Waals surface area contributed by atoms with E-state index in [-0.39, 0.29) is 6.04 Å². The topological polar surface area (TPSA) is 63.6 Å². The molecule has 1 aromatic heterocycles. The van der Waals surface area contributed by atoms with Gasteiger partial charge < -0.3 is 19.5 Å². The molecule has 0 bridgehead atoms. The van der Waals surface area contributed by atoms with Crippen molar-refractivity contribution in [3.8, 4) is 5.75 Å². The van der Waals surface area contributed by atoms with Gasteiger partial charge in [-0.1, -0.05) is 12.1 Å². The number of aromatic nitrogens is 1. The Balaban J connectivity index is 1.66. The fourth-order valence-corrected chi connectivity index (χ4v) is 3.46. The van der Waals surface area contributed by atoms with E-state index in [1.807, 2.05) is 24.3 Å². The van der Waals surface area contributed by atoms with Crippen LogP contribution in [0, 0.1) is 0 Å². The van der Waals surface area contributed by atoms with Crippen molar-refractivity contribution in [2.75, 3.05) is 25.1 Å². The summed E-state index contributed by atoms with van der Waals surface area (Å²) in [4.78, 5) is 26.3. The molecule has 156 valence electrons. The van der Waals surface area contributed by atoms with Gasteiger partial charge in [-0.3, -0.25) is 9.59 Å². The van der Waals surface area contributed by atoms with E-state index in [1.165, 1.54) is 0 Å². The van der Waals surface area contributed by atoms with Gasteiger partial charge >= 0.3 is 6.18 Å². The minimum Gasteiger partial charge on any atom is -0.495 e. The maximum absolute atomic E-state index is 12.8. The van der Waals surface area contributed by atoms with Crippen molar-refractivity contribution in [2.45, 2.75) is 31.6 Å². The molecular formula is C20H22F3N3O3. The summed E-state index contributed by atoms with van der Waals surface area (Å²) in [6.45, 7) is 0.886. The number of amides is 1. The van der Waals surface area contributed by atoms with E-state index >= 15 is 0 Å². The minimum absolute atomic E-state index is 0.178. The number of carbonyl (C=O) groups excluding carboxylic acids is 1. The largest absolute Gasteiger partial charge is 0.495 e. The number of benzene rings is 1. The number of methoxy groups -OCH3 is 1. The average molecular weight is 409 g/mol. The molecule has 1 amide bonds. The molecule has 0 saturated carbocycles. The fourth-order valence-electron chi connectivity index (χ4n) is 3.46. The number of hydrogen-bond acceptors (Lipinski definition) is 4. The predicted molar refractivity (Wildman–Crippen MR) is 102 cm³/mol. The maximum Gasteiger partial charge on any atom is 0.417 e. The second-order valence-corrected chi connectivity index (χ2v) is 6.91. The highest BCUT2D eigenvalue weighted by atomic mass is 19.4. The molecule has 9 heteroatoms. The maximum atomic E-state index is 12.8. The van der Waals surface area contributed by atoms with Crippen molar-refractivity contribution < 1.29 is 22.7 Å². The van der Waals surface area contributed by atoms with Crippen molar-refractivity contribution in [3.05, 3.63) is 58.5 Å². The van der Waals surface area contributed by atoms with Crippen LogP contribution in [-0.2, 0) is 17.5 Å². The molecule has 0 spiro atoms. The zero-order valence-electron chi connectivity index (χ0n) is 15.9. The second kappa shape index (κ2) is 8.59. The molecule has 0 radical (unpaired) electrons. The van der Waals surface area contributed by atoms with Gasteiger partial charge in [-0.15, -0.1) is 0 Å². The summed E-state index contributed by atoms with van der Waals surface area (Å²) in [6, 6.07) is 8.92. The number of para-hydroxylation sites is 2. The van der Waals surface area contributed by atoms with Crippen LogP contribution >= 0.6 is 0 Å². The monoisotopic (exact) mass is 409 g/mol. The first kappa shape index (κ1) is 20.8. The zero-order valence-corrected chi connectivity index (χ0v) is 15.9. The van der Waals surface area contributed by atoms with Crippen molar-refractivity contribution in [3.63, 3.8) is 0 Å². The van der Waals surface area contributed by atoms with Gasteiger partial charge in [0.25, 0.3) is 5.56 Å². The average Bonchev–Trinajstić information content (AvgIpc) is 2.69. The lowest BCUT2D eigenvalue weighted by Gasteiger charge is -2.35. The van der Waals surface area contributed by atoms with Gasteiger partial charge in [-0.05, 0) is 31.0 Å². The Morgan fingerprint density at radius 2 is 2.00 bits per heavy atom. The van der Waals surface area contributed by atoms with Gasteiger partial charge in [-0.25, -0.2) is 0 Å². The van der Waals surface area contributed by atoms with Gasteiger partial charge in [0.05, 0.1) is 18.4 Å². The number of pyridine rings is 1. The fraction of sp³-hybridized carbons (Fsp3) is 0.400. The van der Waals surface area contributed by atoms with Crippen LogP contribution in [0.15, 0.2) is 47.4 Å². The number of carbonyl (C=O) groups is 1. The second-order valence-electron chi connectivity index (χ2n) is 6.91. The third-order valence-corrected chi connectivity index (χ3v) is 4.84. The van der Waals surface area contributed by atoms with E-state index in [9.17, 15) is 22.8 Å². The first-order valence-corrected chi connectivity index (χ1v) is 9.23. The van der Waals surface area contributed by atoms with E-state index in [1.54, 1.807) is 7.11 Å². The summed E-state index contributed by atoms with van der Waals surface area (Å²) in [5, 5.41) is 2.83. The number of nitrogens with one attached hydrogen (secondary N) is 1. The summed E-state index contributed by atoms with van der Waals surface area (Å²) in [7, 11) is 1.59. The van der Waals surface area contributed by atoms with Crippen molar-refractivity contribution in [1.82, 2.24) is 9.88 Å². The van der Waals surface area contributed by atoms with E-state index in [2.05, 4.69) is 10.2 Å². The van der Waals surface area contributed by atoms with E-state index in [0.717, 1.165) is 41.5 Å². The first-order chi connectivity index (χ1) is 13.8. The summed E-state index contributed by atoms with van der Waals surface area (Å²) in [5.74, 6) is 0.230. The molecular weight excluding hydrogens is 387 g/mol. The Bertz CT molecular complexity index is 927. The molecule has 1 aliphatic heterocycles. The van der Waals surface area contributed by atoms with E-state index in [0.29, 0.717) is 18.8 Å². The van der Waals surface area contributed by atoms with Crippen LogP contribution in [0.2, 0.25) is 0 Å². The Hall–Kier alpha value is -2.97. The molecule has 1 aromatic carbocycles. The molecule has 1 N–H and O–H groups in total. The summed E-state index contributed by atoms with van der Waals surface area (Å²) in [6.07, 6.45) is -2.32. The summed E-state index contributed by atoms with van der Waals surface area (Å²) >= 11 is 0. The first-order valence-electron chi connectivity index (χ1n) is 9.23. The molecule has 1 aliphatic rings. The number of anilines is 1. The number of halogens is 3. The van der Waals surface area contributed by atoms with Gasteiger partial charge in [0.1, 0.15) is 12.3 Å². The number of rotatable bonds is 5. The minimum atomic E-state index is -4.58. The molecule has 1 fully saturated rings. The summed E-state index contributed by atoms with van der Waals surface area (Å²) < 4.78 is 44.7. The number of alkyl halides is 3. The molecule has 6 nitrogen and oxygen atoms in total. The highest BCUT2D eigenvalue weighted by Crippen LogP contribution is 2.30. The lowest BCUT2D eigenvalue weighted by Crippen LogP contribution is -2.49. The van der Waals surface area contributed by atoms with Crippen LogP contribution in [0.25, 0.3) is 0 Å². The highest BCUT2D eigenvalue weighted by molar-refractivity contribution is 5.76. The SMILES string of the molecule is COc1ccccc1N1CCCC(NC(=O)Cn2cc(C(F)(F)F)ccc2=O)C1. The van der Waals surface area contributed by atoms with Crippen LogP contribution in [0.4, 0.5) is 18.9 Å². The normalized spacial score (nSPS) is 17.1. The van der Waals surface area contributed by atoms with Gasteiger partial charge in [0.15, 0.2) is 0 Å². The van der Waals surface area contributed by atoms with Crippen LogP contribution in [0.3, 0.4) is 0 Å². The van der Waals surface area contributed by atoms with Crippen LogP contribution in [0.1, 0.15) is 18.4 Å². The predicted octanol–water partition coefficient (Wildman–Crippen LogP) is 2.66. The lowest BCUT2D eigenvalue weighted by atomic mass is 10.0. The Kier molecular flexibility index (Phi) is 6.14. The Labute approximate surface area is 165 Å². The number of ether oxygens (including phenoxy) is 1. The summed E-state index contributed by atoms with van der Waals surface area (Å²) in [5.41, 5.74) is -0.708. The quantitative estimate of drug-likeness (QED) is 0.825. The Morgan fingerprint density at radius 1 is 1.24 bits per heavy atom. The molecule has 1 unspecified atom stereocenters. The molecule has 3 rings (SSSR count). The molecule has 1 atom stereocenters. The van der Waals surface area contributed by atoms with Crippen molar-refractivity contribution >= 4 is 11.6 Å². The highest BCUT2D eigenvalue weighted by Gasteiger charge is 2.31. The molecule has 0 aliphatic carbocycles. The number of nitrogens with zero attached hydrogens (tertiary/aromatic N) is 2. The zero-order chi connectivity index (χ0) is 21.0. The Morgan fingerprint density at radius 3 is 2.72 bits per heavy atom. The van der Waals surface area contributed by atoms with E-state index < -0.39 is 29.8 Å². The van der Waals surface area contributed by atoms with Crippen LogP contribution in [-0.4, -0.2) is 36.7 Å². The molecule has 1 saturated heterocycles. The van der Waals surface area contributed by atoms with Crippen molar-refractivity contribution in [1.29, 1.82) is 0 Å². The lowest BCUT2D eigenvalue weighted by molar-refractivity contribution is -0.138. The molecule has 2 aromatic rings. The van der Waals surface area contributed by atoms with E-state index in [4.69, 9.17) is 4.74 Å². The van der Waals surface area contributed by atoms with Gasteiger partial charge in [-0.2, -0.15) is 13.2 Å². The third-order valence-electron chi connectivity index (χ3n) is 4.84. The smallest absolute Gasteiger partial charge is 0.417 e. The standard InChI is InChI=1S/C20H22F3N3O3/c1-29-17-7-3-2-6-16(17)25-10-4-5-15(12-25)24-18(27)13-26-11-14(20(21,22)23)8-9-19(26)28/h2-3,6-9,11,15H,4-5,10,12-13H2,1H3,(H,24,27). The third kappa shape index (κ3) is 5.10. The van der Waals surface area contributed by atoms with Crippen molar-refractivity contribution in [2.24, 2.45) is 0 Å². The van der Waals surface area contributed by atoms with Gasteiger partial charge in [0, 0.05) is 31.4 Å². The number of hydrogen-bond donors (Lipinski definition) is 1. The molecule has 2 heterocycles. The van der Waals surface area contributed by atoms with Gasteiger partial charge in [0.2, 0.25) is 5.91 Å². The van der Waals surface area contributed by atoms with Crippen LogP contribution in [0.5, 0.6) is 5.75 Å². The van der Waals surface area contributed by atoms with Crippen LogP contribution < -0.4 is 20.5 Å². The molecule has 29 heavy (non-hydrogen) atoms.